The maximum absolute atomic E-state index is 13.2. The van der Waals surface area contributed by atoms with Crippen LogP contribution < -0.4 is 9.64 Å². The van der Waals surface area contributed by atoms with E-state index in [9.17, 15) is 8.42 Å². The van der Waals surface area contributed by atoms with Crippen LogP contribution in [0.1, 0.15) is 18.1 Å². The third kappa shape index (κ3) is 4.47. The maximum Gasteiger partial charge on any atom is 0.246 e. The van der Waals surface area contributed by atoms with E-state index >= 15 is 0 Å². The highest BCUT2D eigenvalue weighted by Gasteiger charge is 2.31. The van der Waals surface area contributed by atoms with Gasteiger partial charge in [-0.15, -0.1) is 10.2 Å². The summed E-state index contributed by atoms with van der Waals surface area (Å²) in [4.78, 5) is 2.28. The monoisotopic (exact) mass is 452 g/mol. The lowest BCUT2D eigenvalue weighted by Gasteiger charge is -2.34. The number of rotatable bonds is 6. The Morgan fingerprint density at radius 2 is 1.66 bits per heavy atom. The van der Waals surface area contributed by atoms with Gasteiger partial charge in [-0.3, -0.25) is 0 Å². The lowest BCUT2D eigenvalue weighted by molar-refractivity contribution is 0.373. The van der Waals surface area contributed by atoms with Crippen LogP contribution in [0, 0.1) is 6.92 Å². The van der Waals surface area contributed by atoms with Crippen molar-refractivity contribution in [1.29, 1.82) is 0 Å². The van der Waals surface area contributed by atoms with Crippen molar-refractivity contribution < 1.29 is 13.2 Å². The Hall–Kier alpha value is -2.97. The van der Waals surface area contributed by atoms with Gasteiger partial charge < -0.3 is 9.64 Å². The zero-order valence-electron chi connectivity index (χ0n) is 18.7. The van der Waals surface area contributed by atoms with Gasteiger partial charge in [0.1, 0.15) is 10.6 Å². The fraction of sp³-hybridized carbons (Fsp3) is 0.333. The molecule has 2 aromatic carbocycles. The first kappa shape index (κ1) is 22.2. The molecule has 0 radical (unpaired) electrons. The Morgan fingerprint density at radius 3 is 2.25 bits per heavy atom. The summed E-state index contributed by atoms with van der Waals surface area (Å²) >= 11 is 0. The molecule has 0 N–H and O–H groups in total. The van der Waals surface area contributed by atoms with Gasteiger partial charge in [-0.25, -0.2) is 8.42 Å². The molecule has 0 spiro atoms. The first-order chi connectivity index (χ1) is 15.4. The molecule has 1 saturated heterocycles. The summed E-state index contributed by atoms with van der Waals surface area (Å²) in [5.74, 6) is 1.12. The highest BCUT2D eigenvalue weighted by molar-refractivity contribution is 7.89. The first-order valence-corrected chi connectivity index (χ1v) is 12.2. The summed E-state index contributed by atoms with van der Waals surface area (Å²) < 4.78 is 33.2. The molecule has 1 aliphatic heterocycles. The molecular weight excluding hydrogens is 424 g/mol. The number of aromatic nitrogens is 2. The third-order valence-corrected chi connectivity index (χ3v) is 7.73. The predicted molar refractivity (Wildman–Crippen MR) is 126 cm³/mol. The van der Waals surface area contributed by atoms with E-state index in [-0.39, 0.29) is 4.90 Å². The molecule has 8 heteroatoms. The van der Waals surface area contributed by atoms with E-state index in [2.05, 4.69) is 46.3 Å². The summed E-state index contributed by atoms with van der Waals surface area (Å²) in [6.45, 7) is 5.85. The van der Waals surface area contributed by atoms with Crippen molar-refractivity contribution in [1.82, 2.24) is 14.5 Å². The standard InChI is InChI=1S/C24H28N4O3S/c1-4-19-6-8-20(9-7-19)21-10-12-24(26-25-21)27-13-15-28(16-14-27)32(29,30)23-17-18(2)5-11-22(23)31-3/h5-12,17H,4,13-16H2,1-3H3. The van der Waals surface area contributed by atoms with Gasteiger partial charge in [0.25, 0.3) is 0 Å². The van der Waals surface area contributed by atoms with E-state index in [0.29, 0.717) is 31.9 Å². The van der Waals surface area contributed by atoms with Crippen molar-refractivity contribution in [3.05, 3.63) is 65.7 Å². The molecule has 0 unspecified atom stereocenters. The van der Waals surface area contributed by atoms with Crippen molar-refractivity contribution in [3.63, 3.8) is 0 Å². The summed E-state index contributed by atoms with van der Waals surface area (Å²) in [7, 11) is -2.15. The van der Waals surface area contributed by atoms with Crippen LogP contribution in [0.5, 0.6) is 5.75 Å². The normalized spacial score (nSPS) is 15.0. The number of hydrogen-bond donors (Lipinski definition) is 0. The predicted octanol–water partition coefficient (Wildman–Crippen LogP) is 3.53. The van der Waals surface area contributed by atoms with Crippen molar-refractivity contribution >= 4 is 15.8 Å². The molecule has 0 aliphatic carbocycles. The maximum atomic E-state index is 13.2. The molecular formula is C24H28N4O3S. The SMILES string of the molecule is CCc1ccc(-c2ccc(N3CCN(S(=O)(=O)c4cc(C)ccc4OC)CC3)nn2)cc1. The third-order valence-electron chi connectivity index (χ3n) is 5.81. The molecule has 3 aromatic rings. The summed E-state index contributed by atoms with van der Waals surface area (Å²) in [5, 5.41) is 8.78. The fourth-order valence-electron chi connectivity index (χ4n) is 3.84. The minimum Gasteiger partial charge on any atom is -0.495 e. The second-order valence-corrected chi connectivity index (χ2v) is 9.78. The largest absolute Gasteiger partial charge is 0.495 e. The smallest absolute Gasteiger partial charge is 0.246 e. The number of anilines is 1. The summed E-state index contributed by atoms with van der Waals surface area (Å²) in [5.41, 5.74) is 4.02. The minimum atomic E-state index is -3.64. The first-order valence-electron chi connectivity index (χ1n) is 10.7. The summed E-state index contributed by atoms with van der Waals surface area (Å²) in [6, 6.07) is 17.5. The van der Waals surface area contributed by atoms with Crippen LogP contribution in [0.25, 0.3) is 11.3 Å². The van der Waals surface area contributed by atoms with Gasteiger partial charge in [0.05, 0.1) is 12.8 Å². The molecule has 2 heterocycles. The number of sulfonamides is 1. The molecule has 0 atom stereocenters. The molecule has 1 aliphatic rings. The van der Waals surface area contributed by atoms with Crippen molar-refractivity contribution in [3.8, 4) is 17.0 Å². The van der Waals surface area contributed by atoms with Crippen molar-refractivity contribution in [2.75, 3.05) is 38.2 Å². The van der Waals surface area contributed by atoms with Gasteiger partial charge in [-0.1, -0.05) is 37.3 Å². The number of nitrogens with zero attached hydrogens (tertiary/aromatic N) is 4. The van der Waals surface area contributed by atoms with Crippen LogP contribution in [0.3, 0.4) is 0 Å². The van der Waals surface area contributed by atoms with Gasteiger partial charge in [-0.05, 0) is 48.7 Å². The Balaban J connectivity index is 1.45. The average Bonchev–Trinajstić information content (AvgIpc) is 2.84. The van der Waals surface area contributed by atoms with Crippen LogP contribution in [-0.4, -0.2) is 56.2 Å². The molecule has 32 heavy (non-hydrogen) atoms. The molecule has 0 amide bonds. The lowest BCUT2D eigenvalue weighted by atomic mass is 10.1. The Morgan fingerprint density at radius 1 is 0.938 bits per heavy atom. The highest BCUT2D eigenvalue weighted by Crippen LogP contribution is 2.29. The topological polar surface area (TPSA) is 75.6 Å². The number of piperazine rings is 1. The fourth-order valence-corrected chi connectivity index (χ4v) is 5.50. The number of methoxy groups -OCH3 is 1. The van der Waals surface area contributed by atoms with Crippen LogP contribution in [0.2, 0.25) is 0 Å². The lowest BCUT2D eigenvalue weighted by Crippen LogP contribution is -2.49. The van der Waals surface area contributed by atoms with Crippen molar-refractivity contribution in [2.24, 2.45) is 0 Å². The zero-order valence-corrected chi connectivity index (χ0v) is 19.5. The van der Waals surface area contributed by atoms with Gasteiger partial charge in [-0.2, -0.15) is 4.31 Å². The van der Waals surface area contributed by atoms with E-state index in [1.165, 1.54) is 17.0 Å². The van der Waals surface area contributed by atoms with Crippen LogP contribution in [0.15, 0.2) is 59.5 Å². The molecule has 0 saturated carbocycles. The van der Waals surface area contributed by atoms with E-state index in [4.69, 9.17) is 4.74 Å². The van der Waals surface area contributed by atoms with E-state index in [0.717, 1.165) is 29.1 Å². The van der Waals surface area contributed by atoms with Crippen LogP contribution >= 0.6 is 0 Å². The minimum absolute atomic E-state index is 0.215. The number of aryl methyl sites for hydroxylation is 2. The molecule has 4 rings (SSSR count). The molecule has 1 fully saturated rings. The highest BCUT2D eigenvalue weighted by atomic mass is 32.2. The number of ether oxygens (including phenoxy) is 1. The van der Waals surface area contributed by atoms with Crippen LogP contribution in [0.4, 0.5) is 5.82 Å². The Bertz CT molecular complexity index is 1170. The Labute approximate surface area is 189 Å². The molecule has 0 bridgehead atoms. The number of hydrogen-bond acceptors (Lipinski definition) is 6. The summed E-state index contributed by atoms with van der Waals surface area (Å²) in [6.07, 6.45) is 1.00. The average molecular weight is 453 g/mol. The van der Waals surface area contributed by atoms with Gasteiger partial charge >= 0.3 is 0 Å². The number of benzene rings is 2. The second kappa shape index (κ2) is 9.26. The molecule has 7 nitrogen and oxygen atoms in total. The molecule has 1 aromatic heterocycles. The van der Waals surface area contributed by atoms with Crippen LogP contribution in [-0.2, 0) is 16.4 Å². The second-order valence-electron chi connectivity index (χ2n) is 7.87. The van der Waals surface area contributed by atoms with Gasteiger partial charge in [0.2, 0.25) is 10.0 Å². The van der Waals surface area contributed by atoms with E-state index < -0.39 is 10.0 Å². The van der Waals surface area contributed by atoms with Gasteiger partial charge in [0.15, 0.2) is 5.82 Å². The van der Waals surface area contributed by atoms with Gasteiger partial charge in [0, 0.05) is 31.7 Å². The van der Waals surface area contributed by atoms with E-state index in [1.54, 1.807) is 12.1 Å². The Kier molecular flexibility index (Phi) is 6.43. The zero-order chi connectivity index (χ0) is 22.7. The van der Waals surface area contributed by atoms with E-state index in [1.807, 2.05) is 25.1 Å². The molecule has 168 valence electrons. The van der Waals surface area contributed by atoms with Crippen molar-refractivity contribution in [2.45, 2.75) is 25.2 Å². The quantitative estimate of drug-likeness (QED) is 0.570.